The first kappa shape index (κ1) is 58.5. The van der Waals surface area contributed by atoms with Crippen LogP contribution in [0.1, 0.15) is 26.2 Å². The van der Waals surface area contributed by atoms with Crippen LogP contribution < -0.4 is 10.6 Å². The van der Waals surface area contributed by atoms with Gasteiger partial charge in [-0.15, -0.1) is 6.58 Å². The van der Waals surface area contributed by atoms with E-state index in [0.717, 1.165) is 12.1 Å². The van der Waals surface area contributed by atoms with Gasteiger partial charge in [-0.1, -0.05) is 19.1 Å². The number of carbonyl (C=O) groups is 3. The van der Waals surface area contributed by atoms with Crippen LogP contribution in [-0.2, 0) is 49.7 Å². The predicted octanol–water partition coefficient (Wildman–Crippen LogP) is 8.50. The Balaban J connectivity index is 6.46. The lowest BCUT2D eigenvalue weighted by Crippen LogP contribution is -2.53. The first-order chi connectivity index (χ1) is 27.4. The van der Waals surface area contributed by atoms with Gasteiger partial charge in [0.05, 0.1) is 39.1 Å². The Kier molecular flexibility index (Phi) is 27.0. The molecule has 21 heteroatoms. The van der Waals surface area contributed by atoms with Crippen LogP contribution in [0.3, 0.4) is 0 Å². The van der Waals surface area contributed by atoms with Crippen LogP contribution >= 0.6 is 0 Å². The summed E-state index contributed by atoms with van der Waals surface area (Å²) in [5, 5.41) is 5.54. The largest absolute Gasteiger partial charge is 0.460 e. The van der Waals surface area contributed by atoms with Crippen LogP contribution in [-0.4, -0.2) is 141 Å². The van der Waals surface area contributed by atoms with Crippen molar-refractivity contribution in [1.82, 2.24) is 10.6 Å². The molecule has 60 heavy (non-hydrogen) atoms. The zero-order valence-electron chi connectivity index (χ0n) is 40.1. The summed E-state index contributed by atoms with van der Waals surface area (Å²) in [5.74, 6) is -0.531. The minimum absolute atomic E-state index is 0.0147. The van der Waals surface area contributed by atoms with Crippen molar-refractivity contribution in [2.24, 2.45) is 5.41 Å². The fraction of sp³-hybridized carbons (Fsp3) is 0.821. The predicted molar refractivity (Wildman–Crippen MR) is 254 cm³/mol. The lowest BCUT2D eigenvalue weighted by atomic mass is 9.82. The van der Waals surface area contributed by atoms with E-state index in [4.69, 9.17) is 44.9 Å². The van der Waals surface area contributed by atoms with Crippen molar-refractivity contribution in [2.75, 3.05) is 65.9 Å². The Hall–Kier alpha value is -1.49. The third kappa shape index (κ3) is 32.2. The molecule has 0 aliphatic rings. The van der Waals surface area contributed by atoms with Crippen molar-refractivity contribution in [3.8, 4) is 0 Å². The Labute approximate surface area is 369 Å². The third-order valence-corrected chi connectivity index (χ3v) is 27.3. The van der Waals surface area contributed by atoms with Crippen molar-refractivity contribution >= 4 is 68.5 Å². The summed E-state index contributed by atoms with van der Waals surface area (Å²) in [4.78, 5) is 37.7. The van der Waals surface area contributed by atoms with Gasteiger partial charge in [-0.25, -0.2) is 14.4 Å². The second-order valence-electron chi connectivity index (χ2n) is 19.4. The molecule has 2 N–H and O–H groups in total. The molecule has 0 saturated carbocycles. The summed E-state index contributed by atoms with van der Waals surface area (Å²) in [7, 11) is -13.4. The van der Waals surface area contributed by atoms with Crippen LogP contribution in [0.25, 0.3) is 0 Å². The highest BCUT2D eigenvalue weighted by Gasteiger charge is 2.45. The topological polar surface area (TPSA) is 168 Å². The summed E-state index contributed by atoms with van der Waals surface area (Å²) in [5.41, 5.74) is -0.802. The number of ether oxygens (including phenoxy) is 6. The van der Waals surface area contributed by atoms with E-state index in [2.05, 4.69) is 115 Å². The van der Waals surface area contributed by atoms with Gasteiger partial charge in [0.2, 0.25) is 0 Å². The molecule has 2 amide bonds. The summed E-state index contributed by atoms with van der Waals surface area (Å²) < 4.78 is 61.0. The maximum Gasteiger partial charge on any atom is 0.407 e. The number of hydrogen-bond donors (Lipinski definition) is 2. The molecule has 2 atom stereocenters. The minimum atomic E-state index is -2.78. The van der Waals surface area contributed by atoms with Crippen LogP contribution in [0.5, 0.6) is 0 Å². The van der Waals surface area contributed by atoms with Crippen molar-refractivity contribution in [3.05, 3.63) is 25.3 Å². The Bertz CT molecular complexity index is 1260. The Morgan fingerprint density at radius 2 is 0.983 bits per heavy atom. The molecule has 0 radical (unpaired) electrons. The highest BCUT2D eigenvalue weighted by atomic mass is 28.5. The fourth-order valence-corrected chi connectivity index (χ4v) is 31.6. The second kappa shape index (κ2) is 27.6. The highest BCUT2D eigenvalue weighted by molar-refractivity contribution is 6.88. The molecule has 0 aliphatic carbocycles. The number of rotatable bonds is 34. The molecule has 0 heterocycles. The summed E-state index contributed by atoms with van der Waals surface area (Å²) in [6.07, 6.45) is 3.27. The number of nitrogens with one attached hydrogen (secondary N) is 2. The quantitative estimate of drug-likeness (QED) is 0.0158. The molecule has 0 fully saturated rings. The average Bonchev–Trinajstić information content (AvgIpc) is 3.07. The van der Waals surface area contributed by atoms with E-state index in [0.29, 0.717) is 38.5 Å². The number of hydrogen-bond acceptors (Lipinski definition) is 13. The van der Waals surface area contributed by atoms with E-state index in [1.54, 1.807) is 6.08 Å². The maximum atomic E-state index is 13.2. The third-order valence-electron chi connectivity index (χ3n) is 8.17. The van der Waals surface area contributed by atoms with Crippen LogP contribution in [0, 0.1) is 5.41 Å². The lowest BCUT2D eigenvalue weighted by Gasteiger charge is -2.42. The molecular formula is C39H84N2O13Si6. The SMILES string of the molecule is C=CC(=O)OCCOCCNC(=O)OCC(CCC[Si](C)(O[Si](C)(C)C)O[Si](C)(C)C)(CC[Si](C)(O[Si](C)(C)C)O[Si](C)(C)C)COC(=O)NCCOCCO[C@H](C)C=C. The normalized spacial score (nSPS) is 14.4. The molecule has 1 unspecified atom stereocenters. The van der Waals surface area contributed by atoms with E-state index < -0.39 is 74.0 Å². The Morgan fingerprint density at radius 1 is 0.567 bits per heavy atom. The average molecular weight is 958 g/mol. The molecule has 0 bridgehead atoms. The van der Waals surface area contributed by atoms with Gasteiger partial charge in [-0.05, 0) is 124 Å². The Morgan fingerprint density at radius 3 is 1.38 bits per heavy atom. The van der Waals surface area contributed by atoms with Crippen LogP contribution in [0.15, 0.2) is 25.3 Å². The number of amides is 2. The van der Waals surface area contributed by atoms with Gasteiger partial charge >= 0.3 is 35.3 Å². The van der Waals surface area contributed by atoms with E-state index in [1.807, 2.05) is 6.92 Å². The van der Waals surface area contributed by atoms with Gasteiger partial charge in [0.1, 0.15) is 19.8 Å². The van der Waals surface area contributed by atoms with Gasteiger partial charge in [0, 0.05) is 24.6 Å². The number of esters is 1. The van der Waals surface area contributed by atoms with Crippen molar-refractivity contribution < 1.29 is 59.3 Å². The van der Waals surface area contributed by atoms with Crippen molar-refractivity contribution in [3.63, 3.8) is 0 Å². The highest BCUT2D eigenvalue weighted by Crippen LogP contribution is 2.38. The van der Waals surface area contributed by atoms with E-state index in [9.17, 15) is 14.4 Å². The first-order valence-electron chi connectivity index (χ1n) is 21.2. The van der Waals surface area contributed by atoms with E-state index >= 15 is 0 Å². The molecular weight excluding hydrogens is 873 g/mol. The maximum absolute atomic E-state index is 13.2. The summed E-state index contributed by atoms with van der Waals surface area (Å²) in [6.45, 7) is 41.2. The first-order valence-corrected chi connectivity index (χ1v) is 39.9. The number of carbonyl (C=O) groups excluding carboxylic acids is 3. The fourth-order valence-electron chi connectivity index (χ4n) is 6.38. The smallest absolute Gasteiger partial charge is 0.407 e. The molecule has 0 aromatic carbocycles. The zero-order chi connectivity index (χ0) is 46.3. The molecule has 0 spiro atoms. The summed E-state index contributed by atoms with van der Waals surface area (Å²) in [6, 6.07) is 1.33. The van der Waals surface area contributed by atoms with Gasteiger partial charge in [-0.2, -0.15) is 0 Å². The van der Waals surface area contributed by atoms with Gasteiger partial charge in [0.25, 0.3) is 0 Å². The molecule has 0 saturated heterocycles. The summed E-state index contributed by atoms with van der Waals surface area (Å²) >= 11 is 0. The molecule has 352 valence electrons. The van der Waals surface area contributed by atoms with Crippen LogP contribution in [0.4, 0.5) is 9.59 Å². The van der Waals surface area contributed by atoms with Crippen LogP contribution in [0.2, 0.25) is 104 Å². The molecule has 0 aromatic rings. The molecule has 15 nitrogen and oxygen atoms in total. The van der Waals surface area contributed by atoms with Gasteiger partial charge < -0.3 is 55.5 Å². The van der Waals surface area contributed by atoms with Crippen molar-refractivity contribution in [2.45, 2.75) is 136 Å². The second-order valence-corrected chi connectivity index (χ2v) is 45.1. The number of alkyl carbamates (subject to hydrolysis) is 2. The monoisotopic (exact) mass is 956 g/mol. The van der Waals surface area contributed by atoms with Gasteiger partial charge in [-0.3, -0.25) is 0 Å². The van der Waals surface area contributed by atoms with Gasteiger partial charge in [0.15, 0.2) is 33.3 Å². The molecule has 0 rings (SSSR count). The molecule has 0 aromatic heterocycles. The lowest BCUT2D eigenvalue weighted by molar-refractivity contribution is -0.139. The van der Waals surface area contributed by atoms with E-state index in [1.165, 1.54) is 0 Å². The standard InChI is InChI=1S/C39H84N2O13Si6/c1-18-35(3)47-29-27-45-25-23-40-37(43)49-33-39(22-32-60(17,53-57(10,11)12)54-58(13,14)15,21-20-31-59(16,51-55(4,5)6)52-56(7,8)9)34-50-38(44)41-24-26-46-28-30-48-36(42)19-2/h18-19,35H,1-2,20-34H2,3-17H3,(H,40,43)(H,41,44)/t35-,39?/m1/s1. The molecule has 0 aliphatic heterocycles. The minimum Gasteiger partial charge on any atom is -0.460 e. The van der Waals surface area contributed by atoms with E-state index in [-0.39, 0.29) is 58.8 Å². The van der Waals surface area contributed by atoms with Crippen molar-refractivity contribution in [1.29, 1.82) is 0 Å². The zero-order valence-corrected chi connectivity index (χ0v) is 46.1.